The summed E-state index contributed by atoms with van der Waals surface area (Å²) in [7, 11) is 0. The summed E-state index contributed by atoms with van der Waals surface area (Å²) in [5.41, 5.74) is 2.59. The van der Waals surface area contributed by atoms with Crippen molar-refractivity contribution in [2.24, 2.45) is 0 Å². The minimum Gasteiger partial charge on any atom is -0.334 e. The highest BCUT2D eigenvalue weighted by Gasteiger charge is 2.40. The van der Waals surface area contributed by atoms with Gasteiger partial charge in [0, 0.05) is 36.7 Å². The largest absolute Gasteiger partial charge is 0.334 e. The highest BCUT2D eigenvalue weighted by atomic mass is 16.2. The van der Waals surface area contributed by atoms with Crippen molar-refractivity contribution in [1.29, 1.82) is 0 Å². The van der Waals surface area contributed by atoms with E-state index in [0.29, 0.717) is 18.7 Å². The van der Waals surface area contributed by atoms with Crippen LogP contribution >= 0.6 is 0 Å². The summed E-state index contributed by atoms with van der Waals surface area (Å²) in [6, 6.07) is 0.222. The van der Waals surface area contributed by atoms with Crippen LogP contribution in [-0.2, 0) is 24.2 Å². The molecule has 2 atom stereocenters. The summed E-state index contributed by atoms with van der Waals surface area (Å²) >= 11 is 0. The maximum absolute atomic E-state index is 12.9. The van der Waals surface area contributed by atoms with Crippen molar-refractivity contribution in [3.05, 3.63) is 45.4 Å². The Labute approximate surface area is 139 Å². The third-order valence-corrected chi connectivity index (χ3v) is 5.06. The Balaban J connectivity index is 1.62. The number of aromatic amines is 1. The van der Waals surface area contributed by atoms with Gasteiger partial charge in [-0.25, -0.2) is 4.98 Å². The second-order valence-electron chi connectivity index (χ2n) is 6.89. The monoisotopic (exact) mass is 327 g/mol. The Bertz CT molecular complexity index is 853. The van der Waals surface area contributed by atoms with Crippen LogP contribution in [0.15, 0.2) is 17.2 Å². The Morgan fingerprint density at radius 2 is 2.04 bits per heavy atom. The molecule has 7 heteroatoms. The van der Waals surface area contributed by atoms with E-state index in [1.54, 1.807) is 17.8 Å². The van der Waals surface area contributed by atoms with Gasteiger partial charge >= 0.3 is 0 Å². The molecule has 1 saturated heterocycles. The molecule has 1 N–H and O–H groups in total. The van der Waals surface area contributed by atoms with Crippen LogP contribution in [0.25, 0.3) is 0 Å². The number of nitrogens with one attached hydrogen (secondary N) is 1. The highest BCUT2D eigenvalue weighted by molar-refractivity contribution is 5.77. The molecule has 7 nitrogen and oxygen atoms in total. The normalized spacial score (nSPS) is 22.3. The summed E-state index contributed by atoms with van der Waals surface area (Å²) < 4.78 is 1.68. The summed E-state index contributed by atoms with van der Waals surface area (Å²) in [5.74, 6) is 0.716. The molecule has 2 bridgehead atoms. The summed E-state index contributed by atoms with van der Waals surface area (Å²) in [6.07, 6.45) is 6.82. The van der Waals surface area contributed by atoms with Crippen LogP contribution in [0.2, 0.25) is 0 Å². The van der Waals surface area contributed by atoms with Gasteiger partial charge in [-0.05, 0) is 32.3 Å². The van der Waals surface area contributed by atoms with Crippen molar-refractivity contribution < 1.29 is 4.79 Å². The van der Waals surface area contributed by atoms with Crippen molar-refractivity contribution in [3.8, 4) is 0 Å². The number of fused-ring (bicyclic) bond motifs is 3. The van der Waals surface area contributed by atoms with Gasteiger partial charge in [0.05, 0.1) is 11.9 Å². The minimum atomic E-state index is -0.0554. The Morgan fingerprint density at radius 3 is 2.75 bits per heavy atom. The number of carbonyl (C=O) groups is 1. The maximum Gasteiger partial charge on any atom is 0.254 e. The zero-order valence-corrected chi connectivity index (χ0v) is 14.0. The van der Waals surface area contributed by atoms with Gasteiger partial charge < -0.3 is 9.88 Å². The van der Waals surface area contributed by atoms with Crippen molar-refractivity contribution in [2.45, 2.75) is 58.2 Å². The predicted molar refractivity (Wildman–Crippen MR) is 87.6 cm³/mol. The maximum atomic E-state index is 12.9. The van der Waals surface area contributed by atoms with Gasteiger partial charge in [0.2, 0.25) is 5.91 Å². The fourth-order valence-corrected chi connectivity index (χ4v) is 4.05. The van der Waals surface area contributed by atoms with Crippen molar-refractivity contribution >= 4 is 5.91 Å². The average Bonchev–Trinajstić information content (AvgIpc) is 3.03. The third-order valence-electron chi connectivity index (χ3n) is 5.06. The SMILES string of the molecule is Cc1cnn(CC(=O)N2[C@@H]3CC[C@H]2Cc2nc(C)[nH]c(=O)c2C3)c1. The number of carbonyl (C=O) groups excluding carboxylic acids is 1. The van der Waals surface area contributed by atoms with Crippen LogP contribution in [-0.4, -0.2) is 42.6 Å². The van der Waals surface area contributed by atoms with Gasteiger partial charge in [-0.2, -0.15) is 5.10 Å². The van der Waals surface area contributed by atoms with Gasteiger partial charge in [-0.15, -0.1) is 0 Å². The fraction of sp³-hybridized carbons (Fsp3) is 0.529. The lowest BCUT2D eigenvalue weighted by molar-refractivity contribution is -0.134. The average molecular weight is 327 g/mol. The highest BCUT2D eigenvalue weighted by Crippen LogP contribution is 2.32. The predicted octanol–water partition coefficient (Wildman–Crippen LogP) is 0.742. The third kappa shape index (κ3) is 2.53. The van der Waals surface area contributed by atoms with Crippen LogP contribution < -0.4 is 5.56 Å². The molecule has 0 unspecified atom stereocenters. The number of rotatable bonds is 2. The van der Waals surface area contributed by atoms with Crippen molar-refractivity contribution in [2.75, 3.05) is 0 Å². The standard InChI is InChI=1S/C17H21N5O2/c1-10-7-18-21(8-10)9-16(23)22-12-3-4-13(22)6-15-14(5-12)17(24)20-11(2)19-15/h7-8,12-13H,3-6,9H2,1-2H3,(H,19,20,24)/t12-,13+/m1/s1. The molecule has 0 aliphatic carbocycles. The molecule has 24 heavy (non-hydrogen) atoms. The van der Waals surface area contributed by atoms with E-state index in [1.165, 1.54) is 0 Å². The molecular formula is C17H21N5O2. The lowest BCUT2D eigenvalue weighted by Crippen LogP contribution is -2.43. The zero-order valence-electron chi connectivity index (χ0n) is 14.0. The molecule has 0 radical (unpaired) electrons. The van der Waals surface area contributed by atoms with E-state index in [1.807, 2.05) is 18.0 Å². The Kier molecular flexibility index (Phi) is 3.51. The smallest absolute Gasteiger partial charge is 0.254 e. The van der Waals surface area contributed by atoms with E-state index >= 15 is 0 Å². The second-order valence-corrected chi connectivity index (χ2v) is 6.89. The molecule has 4 heterocycles. The molecule has 4 rings (SSSR count). The van der Waals surface area contributed by atoms with Crippen LogP contribution in [0, 0.1) is 13.8 Å². The number of aromatic nitrogens is 4. The molecule has 2 aliphatic rings. The Hall–Kier alpha value is -2.44. The zero-order chi connectivity index (χ0) is 16.8. The molecule has 126 valence electrons. The van der Waals surface area contributed by atoms with Crippen LogP contribution in [0.4, 0.5) is 0 Å². The van der Waals surface area contributed by atoms with Crippen LogP contribution in [0.3, 0.4) is 0 Å². The fourth-order valence-electron chi connectivity index (χ4n) is 4.05. The Morgan fingerprint density at radius 1 is 1.29 bits per heavy atom. The number of H-pyrrole nitrogens is 1. The molecule has 1 fully saturated rings. The number of hydrogen-bond donors (Lipinski definition) is 1. The summed E-state index contributed by atoms with van der Waals surface area (Å²) in [5, 5.41) is 4.21. The molecule has 2 aromatic rings. The van der Waals surface area contributed by atoms with Gasteiger partial charge in [0.1, 0.15) is 12.4 Å². The lowest BCUT2D eigenvalue weighted by atomic mass is 9.98. The molecule has 2 aliphatic heterocycles. The van der Waals surface area contributed by atoms with Gasteiger partial charge in [0.25, 0.3) is 5.56 Å². The molecule has 2 aromatic heterocycles. The first-order valence-corrected chi connectivity index (χ1v) is 8.40. The van der Waals surface area contributed by atoms with Crippen LogP contribution in [0.1, 0.15) is 35.5 Å². The summed E-state index contributed by atoms with van der Waals surface area (Å²) in [6.45, 7) is 4.01. The van der Waals surface area contributed by atoms with Gasteiger partial charge in [0.15, 0.2) is 0 Å². The van der Waals surface area contributed by atoms with E-state index in [-0.39, 0.29) is 30.1 Å². The first kappa shape index (κ1) is 15.1. The number of amides is 1. The van der Waals surface area contributed by atoms with Crippen molar-refractivity contribution in [3.63, 3.8) is 0 Å². The van der Waals surface area contributed by atoms with E-state index in [9.17, 15) is 9.59 Å². The first-order valence-electron chi connectivity index (χ1n) is 8.40. The first-order chi connectivity index (χ1) is 11.5. The minimum absolute atomic E-state index is 0.0554. The van der Waals surface area contributed by atoms with E-state index in [0.717, 1.165) is 29.7 Å². The second kappa shape index (κ2) is 5.58. The van der Waals surface area contributed by atoms with E-state index < -0.39 is 0 Å². The topological polar surface area (TPSA) is 83.9 Å². The number of aryl methyl sites for hydroxylation is 2. The molecule has 0 aromatic carbocycles. The number of hydrogen-bond acceptors (Lipinski definition) is 4. The quantitative estimate of drug-likeness (QED) is 0.882. The van der Waals surface area contributed by atoms with Gasteiger partial charge in [-0.3, -0.25) is 14.3 Å². The summed E-state index contributed by atoms with van der Waals surface area (Å²) in [4.78, 5) is 34.4. The number of nitrogens with zero attached hydrogens (tertiary/aromatic N) is 4. The van der Waals surface area contributed by atoms with Gasteiger partial charge in [-0.1, -0.05) is 0 Å². The molecule has 1 amide bonds. The van der Waals surface area contributed by atoms with Crippen molar-refractivity contribution in [1.82, 2.24) is 24.6 Å². The van der Waals surface area contributed by atoms with E-state index in [2.05, 4.69) is 15.1 Å². The van der Waals surface area contributed by atoms with Crippen LogP contribution in [0.5, 0.6) is 0 Å². The van der Waals surface area contributed by atoms with E-state index in [4.69, 9.17) is 0 Å². The molecular weight excluding hydrogens is 306 g/mol. The lowest BCUT2D eigenvalue weighted by Gasteiger charge is -2.28. The molecule has 0 spiro atoms. The molecule has 0 saturated carbocycles.